The molecule has 6 heteroatoms. The second-order valence-electron chi connectivity index (χ2n) is 3.77. The molecule has 0 aliphatic rings. The summed E-state index contributed by atoms with van der Waals surface area (Å²) in [7, 11) is 0. The summed E-state index contributed by atoms with van der Waals surface area (Å²) in [5.74, 6) is 4.33. The summed E-state index contributed by atoms with van der Waals surface area (Å²) in [5, 5.41) is 2.57. The van der Waals surface area contributed by atoms with Gasteiger partial charge in [-0.05, 0) is 30.3 Å². The predicted octanol–water partition coefficient (Wildman–Crippen LogP) is 3.02. The molecule has 0 bridgehead atoms. The van der Waals surface area contributed by atoms with E-state index in [2.05, 4.69) is 10.7 Å². The lowest BCUT2D eigenvalue weighted by Gasteiger charge is -2.09. The summed E-state index contributed by atoms with van der Waals surface area (Å²) in [5.41, 5.74) is 3.59. The van der Waals surface area contributed by atoms with Gasteiger partial charge in [0.15, 0.2) is 0 Å². The highest BCUT2D eigenvalue weighted by Gasteiger charge is 2.11. The van der Waals surface area contributed by atoms with Crippen molar-refractivity contribution in [2.24, 2.45) is 5.84 Å². The highest BCUT2D eigenvalue weighted by Crippen LogP contribution is 2.20. The molecule has 0 saturated carbocycles. The van der Waals surface area contributed by atoms with Crippen molar-refractivity contribution in [1.29, 1.82) is 0 Å². The average molecular weight is 280 g/mol. The van der Waals surface area contributed by atoms with E-state index in [1.807, 2.05) is 0 Å². The van der Waals surface area contributed by atoms with Gasteiger partial charge in [-0.2, -0.15) is 0 Å². The minimum atomic E-state index is -0.593. The maximum absolute atomic E-state index is 13.3. The third-order valence-electron chi connectivity index (χ3n) is 2.50. The topological polar surface area (TPSA) is 67.1 Å². The first-order valence-electron chi connectivity index (χ1n) is 5.44. The minimum absolute atomic E-state index is 0.00187. The van der Waals surface area contributed by atoms with Crippen molar-refractivity contribution in [2.45, 2.75) is 0 Å². The highest BCUT2D eigenvalue weighted by molar-refractivity contribution is 6.30. The van der Waals surface area contributed by atoms with Gasteiger partial charge in [-0.15, -0.1) is 0 Å². The van der Waals surface area contributed by atoms with Crippen LogP contribution in [0, 0.1) is 5.82 Å². The van der Waals surface area contributed by atoms with Crippen molar-refractivity contribution in [3.63, 3.8) is 0 Å². The lowest BCUT2D eigenvalue weighted by Crippen LogP contribution is -2.17. The highest BCUT2D eigenvalue weighted by atomic mass is 35.5. The second kappa shape index (κ2) is 5.69. The summed E-state index contributed by atoms with van der Waals surface area (Å²) in [6.07, 6.45) is 0. The molecule has 19 heavy (non-hydrogen) atoms. The Morgan fingerprint density at radius 3 is 2.63 bits per heavy atom. The van der Waals surface area contributed by atoms with Gasteiger partial charge in [-0.3, -0.25) is 10.6 Å². The van der Waals surface area contributed by atoms with E-state index in [0.717, 1.165) is 6.07 Å². The molecule has 0 aliphatic heterocycles. The van der Waals surface area contributed by atoms with Crippen LogP contribution in [-0.2, 0) is 0 Å². The molecule has 4 nitrogen and oxygen atoms in total. The Balaban J connectivity index is 2.23. The molecule has 0 unspecified atom stereocenters. The van der Waals surface area contributed by atoms with Gasteiger partial charge < -0.3 is 10.7 Å². The second-order valence-corrected chi connectivity index (χ2v) is 4.18. The van der Waals surface area contributed by atoms with Crippen LogP contribution in [0.5, 0.6) is 0 Å². The Morgan fingerprint density at radius 2 is 1.95 bits per heavy atom. The smallest absolute Gasteiger partial charge is 0.257 e. The molecule has 98 valence electrons. The van der Waals surface area contributed by atoms with Crippen molar-refractivity contribution < 1.29 is 9.18 Å². The molecule has 0 aromatic heterocycles. The van der Waals surface area contributed by atoms with Crippen molar-refractivity contribution in [1.82, 2.24) is 0 Å². The Morgan fingerprint density at radius 1 is 1.21 bits per heavy atom. The van der Waals surface area contributed by atoms with Crippen LogP contribution in [0.1, 0.15) is 10.4 Å². The number of hydrazine groups is 1. The molecule has 2 aromatic carbocycles. The molecule has 2 aromatic rings. The van der Waals surface area contributed by atoms with Crippen LogP contribution < -0.4 is 16.6 Å². The van der Waals surface area contributed by atoms with Crippen molar-refractivity contribution >= 4 is 28.9 Å². The van der Waals surface area contributed by atoms with E-state index in [1.54, 1.807) is 24.3 Å². The monoisotopic (exact) mass is 279 g/mol. The van der Waals surface area contributed by atoms with Gasteiger partial charge in [0.1, 0.15) is 5.82 Å². The number of amides is 1. The molecule has 0 aliphatic carbocycles. The first kappa shape index (κ1) is 13.3. The van der Waals surface area contributed by atoms with Gasteiger partial charge in [-0.25, -0.2) is 4.39 Å². The Kier molecular flexibility index (Phi) is 3.99. The number of nitrogens with two attached hydrogens (primary N) is 1. The zero-order chi connectivity index (χ0) is 13.8. The molecule has 0 saturated heterocycles. The van der Waals surface area contributed by atoms with Crippen LogP contribution in [0.4, 0.5) is 15.8 Å². The van der Waals surface area contributed by atoms with Crippen LogP contribution in [0.3, 0.4) is 0 Å². The zero-order valence-electron chi connectivity index (χ0n) is 9.78. The number of rotatable bonds is 3. The number of anilines is 2. The third kappa shape index (κ3) is 3.01. The van der Waals surface area contributed by atoms with E-state index in [0.29, 0.717) is 16.9 Å². The van der Waals surface area contributed by atoms with Crippen molar-refractivity contribution in [2.75, 3.05) is 10.7 Å². The number of para-hydroxylation sites is 1. The van der Waals surface area contributed by atoms with Crippen LogP contribution in [0.25, 0.3) is 0 Å². The predicted molar refractivity (Wildman–Crippen MR) is 73.6 cm³/mol. The normalized spacial score (nSPS) is 10.1. The molecule has 2 rings (SSSR count). The van der Waals surface area contributed by atoms with E-state index in [9.17, 15) is 9.18 Å². The maximum Gasteiger partial charge on any atom is 0.257 e. The number of benzene rings is 2. The van der Waals surface area contributed by atoms with Crippen molar-refractivity contribution in [3.05, 3.63) is 58.9 Å². The molecule has 0 radical (unpaired) electrons. The van der Waals surface area contributed by atoms with Crippen LogP contribution in [0.15, 0.2) is 42.5 Å². The third-order valence-corrected chi connectivity index (χ3v) is 2.81. The quantitative estimate of drug-likeness (QED) is 0.598. The molecule has 0 atom stereocenters. The first-order valence-corrected chi connectivity index (χ1v) is 5.81. The average Bonchev–Trinajstić information content (AvgIpc) is 2.43. The summed E-state index contributed by atoms with van der Waals surface area (Å²) >= 11 is 5.57. The first-order chi connectivity index (χ1) is 9.11. The van der Waals surface area contributed by atoms with E-state index in [4.69, 9.17) is 17.4 Å². The van der Waals surface area contributed by atoms with Gasteiger partial charge in [0, 0.05) is 5.69 Å². The Hall–Kier alpha value is -2.11. The Labute approximate surface area is 114 Å². The van der Waals surface area contributed by atoms with Gasteiger partial charge in [0.2, 0.25) is 0 Å². The van der Waals surface area contributed by atoms with Gasteiger partial charge in [-0.1, -0.05) is 23.7 Å². The molecule has 4 N–H and O–H groups in total. The maximum atomic E-state index is 13.3. The summed E-state index contributed by atoms with van der Waals surface area (Å²) < 4.78 is 13.3. The lowest BCUT2D eigenvalue weighted by molar-refractivity contribution is 0.102. The summed E-state index contributed by atoms with van der Waals surface area (Å²) in [4.78, 5) is 12.0. The molecule has 1 amide bonds. The van der Waals surface area contributed by atoms with Crippen LogP contribution in [0.2, 0.25) is 5.02 Å². The van der Waals surface area contributed by atoms with Gasteiger partial charge in [0.05, 0.1) is 16.3 Å². The molecular weight excluding hydrogens is 269 g/mol. The number of halogens is 2. The van der Waals surface area contributed by atoms with Crippen molar-refractivity contribution in [3.8, 4) is 0 Å². The fraction of sp³-hybridized carbons (Fsp3) is 0. The fourth-order valence-electron chi connectivity index (χ4n) is 1.58. The summed E-state index contributed by atoms with van der Waals surface area (Å²) in [6, 6.07) is 10.8. The van der Waals surface area contributed by atoms with Gasteiger partial charge in [0.25, 0.3) is 5.91 Å². The molecule has 0 fully saturated rings. The Bertz CT molecular complexity index is 619. The zero-order valence-corrected chi connectivity index (χ0v) is 10.5. The number of carbonyl (C=O) groups excluding carboxylic acids is 1. The summed E-state index contributed by atoms with van der Waals surface area (Å²) in [6.45, 7) is 0. The van der Waals surface area contributed by atoms with E-state index >= 15 is 0 Å². The lowest BCUT2D eigenvalue weighted by atomic mass is 10.1. The molecular formula is C13H11ClFN3O. The largest absolute Gasteiger partial charge is 0.323 e. The standard InChI is InChI=1S/C13H11ClFN3O/c14-10-6-5-8(7-11(10)15)17-13(19)9-3-1-2-4-12(9)18-16/h1-7,18H,16H2,(H,17,19). The molecule has 0 spiro atoms. The SMILES string of the molecule is NNc1ccccc1C(=O)Nc1ccc(Cl)c(F)c1. The van der Waals surface area contributed by atoms with Crippen LogP contribution in [-0.4, -0.2) is 5.91 Å². The van der Waals surface area contributed by atoms with Gasteiger partial charge >= 0.3 is 0 Å². The number of carbonyl (C=O) groups is 1. The fourth-order valence-corrected chi connectivity index (χ4v) is 1.70. The number of nitrogens with one attached hydrogen (secondary N) is 2. The molecule has 0 heterocycles. The number of hydrogen-bond acceptors (Lipinski definition) is 3. The van der Waals surface area contributed by atoms with E-state index < -0.39 is 11.7 Å². The van der Waals surface area contributed by atoms with E-state index in [-0.39, 0.29) is 5.02 Å². The number of hydrogen-bond donors (Lipinski definition) is 3. The number of nitrogen functional groups attached to an aromatic ring is 1. The minimum Gasteiger partial charge on any atom is -0.323 e. The van der Waals surface area contributed by atoms with E-state index in [1.165, 1.54) is 12.1 Å². The van der Waals surface area contributed by atoms with Crippen LogP contribution >= 0.6 is 11.6 Å².